The van der Waals surface area contributed by atoms with Gasteiger partial charge < -0.3 is 11.1 Å². The molecule has 4 heteroatoms. The lowest BCUT2D eigenvalue weighted by molar-refractivity contribution is -0.123. The van der Waals surface area contributed by atoms with Gasteiger partial charge in [0.05, 0.1) is 12.1 Å². The zero-order chi connectivity index (χ0) is 12.0. The van der Waals surface area contributed by atoms with Crippen LogP contribution in [0, 0.1) is 11.8 Å². The summed E-state index contributed by atoms with van der Waals surface area (Å²) in [6.07, 6.45) is 2.42. The summed E-state index contributed by atoms with van der Waals surface area (Å²) in [6.45, 7) is 7.70. The van der Waals surface area contributed by atoms with Gasteiger partial charge >= 0.3 is 0 Å². The summed E-state index contributed by atoms with van der Waals surface area (Å²) in [4.78, 5) is 22.1. The monoisotopic (exact) mass is 213 g/mol. The quantitative estimate of drug-likeness (QED) is 0.679. The highest BCUT2D eigenvalue weighted by Gasteiger charge is 2.21. The average molecular weight is 213 g/mol. The Labute approximate surface area is 91.6 Å². The first-order valence-electron chi connectivity index (χ1n) is 5.32. The van der Waals surface area contributed by atoms with E-state index in [0.29, 0.717) is 12.3 Å². The zero-order valence-electron chi connectivity index (χ0n) is 9.91. The van der Waals surface area contributed by atoms with Gasteiger partial charge in [-0.3, -0.25) is 9.59 Å². The van der Waals surface area contributed by atoms with Crippen molar-refractivity contribution < 1.29 is 9.59 Å². The molecule has 0 saturated carbocycles. The van der Waals surface area contributed by atoms with Gasteiger partial charge in [0.1, 0.15) is 0 Å². The summed E-state index contributed by atoms with van der Waals surface area (Å²) in [7, 11) is 0. The maximum Gasteiger partial charge on any atom is 0.237 e. The second-order valence-corrected chi connectivity index (χ2v) is 4.58. The molecule has 1 amide bonds. The summed E-state index contributed by atoms with van der Waals surface area (Å²) in [5, 5.41) is 2.59. The average Bonchev–Trinajstić information content (AvgIpc) is 2.14. The third kappa shape index (κ3) is 5.52. The molecular formula is C11H21N2O2. The van der Waals surface area contributed by atoms with Gasteiger partial charge in [0.2, 0.25) is 12.2 Å². The van der Waals surface area contributed by atoms with Crippen LogP contribution in [0.15, 0.2) is 0 Å². The Balaban J connectivity index is 4.18. The van der Waals surface area contributed by atoms with Gasteiger partial charge in [-0.1, -0.05) is 27.7 Å². The van der Waals surface area contributed by atoms with Crippen molar-refractivity contribution in [3.8, 4) is 0 Å². The molecule has 2 atom stereocenters. The van der Waals surface area contributed by atoms with E-state index in [4.69, 9.17) is 5.73 Å². The summed E-state index contributed by atoms with van der Waals surface area (Å²) in [6, 6.07) is -1.10. The van der Waals surface area contributed by atoms with Gasteiger partial charge in [-0.25, -0.2) is 0 Å². The first-order chi connectivity index (χ1) is 6.88. The Morgan fingerprint density at radius 2 is 1.87 bits per heavy atom. The van der Waals surface area contributed by atoms with Crippen LogP contribution >= 0.6 is 0 Å². The van der Waals surface area contributed by atoms with Crippen molar-refractivity contribution in [1.29, 1.82) is 0 Å². The second kappa shape index (κ2) is 6.56. The Kier molecular flexibility index (Phi) is 6.17. The third-order valence-corrected chi connectivity index (χ3v) is 2.19. The van der Waals surface area contributed by atoms with Gasteiger partial charge in [-0.15, -0.1) is 0 Å². The molecule has 0 aromatic carbocycles. The van der Waals surface area contributed by atoms with Crippen molar-refractivity contribution in [2.75, 3.05) is 0 Å². The number of nitrogens with one attached hydrogen (secondary N) is 1. The van der Waals surface area contributed by atoms with E-state index in [9.17, 15) is 9.59 Å². The van der Waals surface area contributed by atoms with Crippen molar-refractivity contribution in [1.82, 2.24) is 5.32 Å². The molecule has 0 aliphatic rings. The molecule has 0 heterocycles. The van der Waals surface area contributed by atoms with Crippen molar-refractivity contribution >= 4 is 12.2 Å². The molecule has 0 unspecified atom stereocenters. The Hall–Kier alpha value is -0.900. The van der Waals surface area contributed by atoms with Gasteiger partial charge in [0.15, 0.2) is 0 Å². The SMILES string of the molecule is CC(C)C[C@@H]([C]=O)NC(=O)[C@H](N)C(C)C. The number of carbonyl (C=O) groups excluding carboxylic acids is 2. The molecular weight excluding hydrogens is 192 g/mol. The van der Waals surface area contributed by atoms with Crippen molar-refractivity contribution in [3.63, 3.8) is 0 Å². The molecule has 87 valence electrons. The maximum absolute atomic E-state index is 11.5. The first kappa shape index (κ1) is 14.1. The molecule has 0 rings (SSSR count). The van der Waals surface area contributed by atoms with Crippen LogP contribution in [0.25, 0.3) is 0 Å². The molecule has 15 heavy (non-hydrogen) atoms. The summed E-state index contributed by atoms with van der Waals surface area (Å²) >= 11 is 0. The number of rotatable bonds is 6. The summed E-state index contributed by atoms with van der Waals surface area (Å²) in [5.74, 6) is 0.127. The second-order valence-electron chi connectivity index (χ2n) is 4.58. The molecule has 0 bridgehead atoms. The number of hydrogen-bond donors (Lipinski definition) is 2. The fourth-order valence-electron chi connectivity index (χ4n) is 1.18. The minimum atomic E-state index is -0.562. The van der Waals surface area contributed by atoms with Crippen LogP contribution < -0.4 is 11.1 Å². The maximum atomic E-state index is 11.5. The van der Waals surface area contributed by atoms with E-state index >= 15 is 0 Å². The molecule has 0 aromatic rings. The largest absolute Gasteiger partial charge is 0.344 e. The van der Waals surface area contributed by atoms with Gasteiger partial charge in [-0.2, -0.15) is 0 Å². The smallest absolute Gasteiger partial charge is 0.237 e. The van der Waals surface area contributed by atoms with Gasteiger partial charge in [0.25, 0.3) is 0 Å². The normalized spacial score (nSPS) is 15.1. The summed E-state index contributed by atoms with van der Waals surface area (Å²) in [5.41, 5.74) is 5.65. The molecule has 0 spiro atoms. The predicted molar refractivity (Wildman–Crippen MR) is 59.9 cm³/mol. The van der Waals surface area contributed by atoms with Crippen LogP contribution in [-0.2, 0) is 9.59 Å². The molecule has 0 fully saturated rings. The fourth-order valence-corrected chi connectivity index (χ4v) is 1.18. The predicted octanol–water partition coefficient (Wildman–Crippen LogP) is 0.610. The molecule has 4 nitrogen and oxygen atoms in total. The van der Waals surface area contributed by atoms with Gasteiger partial charge in [0, 0.05) is 0 Å². The highest BCUT2D eigenvalue weighted by Crippen LogP contribution is 2.04. The van der Waals surface area contributed by atoms with Crippen LogP contribution in [-0.4, -0.2) is 24.3 Å². The molecule has 0 aliphatic heterocycles. The zero-order valence-corrected chi connectivity index (χ0v) is 9.91. The number of amides is 1. The van der Waals surface area contributed by atoms with Crippen molar-refractivity contribution in [2.24, 2.45) is 17.6 Å². The number of hydrogen-bond acceptors (Lipinski definition) is 3. The third-order valence-electron chi connectivity index (χ3n) is 2.19. The Morgan fingerprint density at radius 3 is 2.20 bits per heavy atom. The number of carbonyl (C=O) groups is 1. The topological polar surface area (TPSA) is 72.2 Å². The van der Waals surface area contributed by atoms with E-state index < -0.39 is 12.1 Å². The lowest BCUT2D eigenvalue weighted by Crippen LogP contribution is -2.48. The fraction of sp³-hybridized carbons (Fsp3) is 0.818. The van der Waals surface area contributed by atoms with E-state index in [0.717, 1.165) is 0 Å². The van der Waals surface area contributed by atoms with E-state index in [2.05, 4.69) is 5.32 Å². The Morgan fingerprint density at radius 1 is 1.33 bits per heavy atom. The lowest BCUT2D eigenvalue weighted by Gasteiger charge is -2.19. The Bertz CT molecular complexity index is 215. The molecule has 1 radical (unpaired) electrons. The molecule has 0 saturated heterocycles. The van der Waals surface area contributed by atoms with Crippen molar-refractivity contribution in [2.45, 2.75) is 46.2 Å². The van der Waals surface area contributed by atoms with Crippen LogP contribution in [0.4, 0.5) is 0 Å². The highest BCUT2D eigenvalue weighted by atomic mass is 16.2. The van der Waals surface area contributed by atoms with Crippen LogP contribution in [0.5, 0.6) is 0 Å². The van der Waals surface area contributed by atoms with E-state index in [1.54, 1.807) is 0 Å². The van der Waals surface area contributed by atoms with Crippen LogP contribution in [0.2, 0.25) is 0 Å². The van der Waals surface area contributed by atoms with Crippen LogP contribution in [0.3, 0.4) is 0 Å². The molecule has 3 N–H and O–H groups in total. The summed E-state index contributed by atoms with van der Waals surface area (Å²) < 4.78 is 0. The van der Waals surface area contributed by atoms with E-state index in [1.807, 2.05) is 34.0 Å². The molecule has 0 aliphatic carbocycles. The standard InChI is InChI=1S/C11H21N2O2/c1-7(2)5-9(6-14)13-11(15)10(12)8(3)4/h7-10H,5,12H2,1-4H3,(H,13,15)/t9-,10+/m0/s1. The lowest BCUT2D eigenvalue weighted by atomic mass is 10.0. The first-order valence-corrected chi connectivity index (χ1v) is 5.32. The highest BCUT2D eigenvalue weighted by molar-refractivity contribution is 5.84. The van der Waals surface area contributed by atoms with E-state index in [1.165, 1.54) is 0 Å². The molecule has 0 aromatic heterocycles. The number of nitrogens with two attached hydrogens (primary N) is 1. The van der Waals surface area contributed by atoms with Crippen molar-refractivity contribution in [3.05, 3.63) is 0 Å². The minimum Gasteiger partial charge on any atom is -0.344 e. The van der Waals surface area contributed by atoms with Gasteiger partial charge in [-0.05, 0) is 18.3 Å². The minimum absolute atomic E-state index is 0.0661. The van der Waals surface area contributed by atoms with Crippen LogP contribution in [0.1, 0.15) is 34.1 Å². The van der Waals surface area contributed by atoms with E-state index in [-0.39, 0.29) is 11.8 Å².